The first kappa shape index (κ1) is 14.3. The number of rotatable bonds is 1. The van der Waals surface area contributed by atoms with Crippen LogP contribution in [-0.2, 0) is 0 Å². The van der Waals surface area contributed by atoms with E-state index < -0.39 is 0 Å². The normalized spacial score (nSPS) is 12.9. The maximum Gasteiger partial charge on any atom is 0.318 e. The zero-order valence-corrected chi connectivity index (χ0v) is 11.4. The molecule has 0 heterocycles. The van der Waals surface area contributed by atoms with Crippen LogP contribution in [0.3, 0.4) is 0 Å². The summed E-state index contributed by atoms with van der Waals surface area (Å²) in [5.41, 5.74) is -0.339. The standard InChI is InChI=1S/C12H26N2O/c1-9(2)13-10(15)14(11(3,4)5)12(6,7)8/h9H,1-8H3,(H,13,15). The topological polar surface area (TPSA) is 32.3 Å². The Bertz CT molecular complexity index is 207. The average molecular weight is 214 g/mol. The van der Waals surface area contributed by atoms with Crippen molar-refractivity contribution in [3.63, 3.8) is 0 Å². The molecule has 0 aliphatic carbocycles. The SMILES string of the molecule is CC(C)NC(=O)N(C(C)(C)C)C(C)(C)C. The van der Waals surface area contributed by atoms with Crippen LogP contribution in [0.15, 0.2) is 0 Å². The Morgan fingerprint density at radius 3 is 1.53 bits per heavy atom. The summed E-state index contributed by atoms with van der Waals surface area (Å²) in [6.07, 6.45) is 0. The molecule has 0 aromatic rings. The quantitative estimate of drug-likeness (QED) is 0.715. The third kappa shape index (κ3) is 4.54. The van der Waals surface area contributed by atoms with Gasteiger partial charge in [0.25, 0.3) is 0 Å². The van der Waals surface area contributed by atoms with Gasteiger partial charge in [-0.2, -0.15) is 0 Å². The predicted octanol–water partition coefficient (Wildman–Crippen LogP) is 3.00. The zero-order valence-electron chi connectivity index (χ0n) is 11.4. The molecule has 3 heteroatoms. The monoisotopic (exact) mass is 214 g/mol. The second kappa shape index (κ2) is 4.42. The largest absolute Gasteiger partial charge is 0.336 e. The summed E-state index contributed by atoms with van der Waals surface area (Å²) in [7, 11) is 0. The molecule has 0 aliphatic heterocycles. The summed E-state index contributed by atoms with van der Waals surface area (Å²) in [6, 6.07) is 0.176. The van der Waals surface area contributed by atoms with E-state index in [1.807, 2.05) is 18.7 Å². The molecule has 2 amide bonds. The number of carbonyl (C=O) groups is 1. The molecule has 0 saturated carbocycles. The molecule has 0 aliphatic rings. The van der Waals surface area contributed by atoms with Gasteiger partial charge in [-0.05, 0) is 55.4 Å². The Labute approximate surface area is 94.2 Å². The molecule has 0 saturated heterocycles. The summed E-state index contributed by atoms with van der Waals surface area (Å²) in [5.74, 6) is 0. The van der Waals surface area contributed by atoms with Crippen molar-refractivity contribution in [3.8, 4) is 0 Å². The van der Waals surface area contributed by atoms with Crippen molar-refractivity contribution in [1.82, 2.24) is 10.2 Å². The lowest BCUT2D eigenvalue weighted by atomic mass is 9.97. The van der Waals surface area contributed by atoms with Crippen LogP contribution in [-0.4, -0.2) is 28.1 Å². The van der Waals surface area contributed by atoms with Gasteiger partial charge in [0.1, 0.15) is 0 Å². The van der Waals surface area contributed by atoms with Crippen LogP contribution >= 0.6 is 0 Å². The summed E-state index contributed by atoms with van der Waals surface area (Å²) in [5, 5.41) is 2.94. The lowest BCUT2D eigenvalue weighted by molar-refractivity contribution is 0.0728. The van der Waals surface area contributed by atoms with E-state index in [1.165, 1.54) is 0 Å². The van der Waals surface area contributed by atoms with Gasteiger partial charge >= 0.3 is 6.03 Å². The van der Waals surface area contributed by atoms with Crippen LogP contribution in [0, 0.1) is 0 Å². The highest BCUT2D eigenvalue weighted by atomic mass is 16.2. The van der Waals surface area contributed by atoms with E-state index in [0.29, 0.717) is 0 Å². The van der Waals surface area contributed by atoms with E-state index in [1.54, 1.807) is 0 Å². The number of hydrogen-bond donors (Lipinski definition) is 1. The molecule has 0 unspecified atom stereocenters. The maximum atomic E-state index is 12.1. The molecular weight excluding hydrogens is 188 g/mol. The first-order valence-electron chi connectivity index (χ1n) is 5.57. The molecule has 0 bridgehead atoms. The maximum absolute atomic E-state index is 12.1. The molecule has 0 rings (SSSR count). The molecule has 3 nitrogen and oxygen atoms in total. The number of nitrogens with one attached hydrogen (secondary N) is 1. The third-order valence-corrected chi connectivity index (χ3v) is 1.96. The van der Waals surface area contributed by atoms with Gasteiger partial charge in [0, 0.05) is 17.1 Å². The summed E-state index contributed by atoms with van der Waals surface area (Å²) < 4.78 is 0. The van der Waals surface area contributed by atoms with Gasteiger partial charge in [-0.15, -0.1) is 0 Å². The van der Waals surface area contributed by atoms with Gasteiger partial charge in [0.15, 0.2) is 0 Å². The van der Waals surface area contributed by atoms with Gasteiger partial charge < -0.3 is 10.2 Å². The molecule has 0 aromatic heterocycles. The molecule has 0 spiro atoms. The van der Waals surface area contributed by atoms with Gasteiger partial charge in [-0.3, -0.25) is 0 Å². The molecule has 0 aromatic carbocycles. The fourth-order valence-electron chi connectivity index (χ4n) is 1.93. The molecule has 0 atom stereocenters. The van der Waals surface area contributed by atoms with Crippen molar-refractivity contribution >= 4 is 6.03 Å². The Hall–Kier alpha value is -0.730. The van der Waals surface area contributed by atoms with E-state index in [4.69, 9.17) is 0 Å². The van der Waals surface area contributed by atoms with E-state index in [-0.39, 0.29) is 23.2 Å². The average Bonchev–Trinajstić information content (AvgIpc) is 1.74. The number of amides is 2. The third-order valence-electron chi connectivity index (χ3n) is 1.96. The van der Waals surface area contributed by atoms with Crippen LogP contribution < -0.4 is 5.32 Å². The minimum absolute atomic E-state index is 0.00463. The van der Waals surface area contributed by atoms with Crippen LogP contribution in [0.4, 0.5) is 4.79 Å². The van der Waals surface area contributed by atoms with E-state index in [0.717, 1.165) is 0 Å². The summed E-state index contributed by atoms with van der Waals surface area (Å²) >= 11 is 0. The molecular formula is C12H26N2O. The van der Waals surface area contributed by atoms with Gasteiger partial charge in [0.05, 0.1) is 0 Å². The molecule has 1 N–H and O–H groups in total. The predicted molar refractivity (Wildman–Crippen MR) is 65.0 cm³/mol. The smallest absolute Gasteiger partial charge is 0.318 e. The second-order valence-electron chi connectivity index (χ2n) is 6.28. The van der Waals surface area contributed by atoms with Crippen LogP contribution in [0.5, 0.6) is 0 Å². The minimum atomic E-state index is -0.169. The highest BCUT2D eigenvalue weighted by Gasteiger charge is 2.35. The number of carbonyl (C=O) groups excluding carboxylic acids is 1. The van der Waals surface area contributed by atoms with E-state index >= 15 is 0 Å². The summed E-state index contributed by atoms with van der Waals surface area (Å²) in [6.45, 7) is 16.3. The van der Waals surface area contributed by atoms with Gasteiger partial charge in [-0.1, -0.05) is 0 Å². The lowest BCUT2D eigenvalue weighted by Crippen LogP contribution is -2.59. The van der Waals surface area contributed by atoms with E-state index in [2.05, 4.69) is 46.9 Å². The number of urea groups is 1. The fourth-order valence-corrected chi connectivity index (χ4v) is 1.93. The second-order valence-corrected chi connectivity index (χ2v) is 6.28. The minimum Gasteiger partial charge on any atom is -0.336 e. The van der Waals surface area contributed by atoms with Crippen LogP contribution in [0.2, 0.25) is 0 Å². The summed E-state index contributed by atoms with van der Waals surface area (Å²) in [4.78, 5) is 14.0. The van der Waals surface area contributed by atoms with Crippen molar-refractivity contribution in [2.75, 3.05) is 0 Å². The van der Waals surface area contributed by atoms with Gasteiger partial charge in [0.2, 0.25) is 0 Å². The molecule has 90 valence electrons. The number of nitrogens with zero attached hydrogens (tertiary/aromatic N) is 1. The van der Waals surface area contributed by atoms with Gasteiger partial charge in [-0.25, -0.2) is 4.79 Å². The Morgan fingerprint density at radius 1 is 1.00 bits per heavy atom. The molecule has 0 fully saturated rings. The van der Waals surface area contributed by atoms with Crippen molar-refractivity contribution in [2.45, 2.75) is 72.5 Å². The Balaban J connectivity index is 4.90. The first-order chi connectivity index (χ1) is 6.46. The number of hydrogen-bond acceptors (Lipinski definition) is 1. The van der Waals surface area contributed by atoms with Crippen molar-refractivity contribution in [3.05, 3.63) is 0 Å². The molecule has 15 heavy (non-hydrogen) atoms. The van der Waals surface area contributed by atoms with Crippen molar-refractivity contribution in [1.29, 1.82) is 0 Å². The van der Waals surface area contributed by atoms with Crippen LogP contribution in [0.1, 0.15) is 55.4 Å². The van der Waals surface area contributed by atoms with Crippen molar-refractivity contribution < 1.29 is 4.79 Å². The highest BCUT2D eigenvalue weighted by Crippen LogP contribution is 2.24. The first-order valence-corrected chi connectivity index (χ1v) is 5.57. The molecule has 0 radical (unpaired) electrons. The van der Waals surface area contributed by atoms with Crippen molar-refractivity contribution in [2.24, 2.45) is 0 Å². The fraction of sp³-hybridized carbons (Fsp3) is 0.917. The van der Waals surface area contributed by atoms with Crippen LogP contribution in [0.25, 0.3) is 0 Å². The highest BCUT2D eigenvalue weighted by molar-refractivity contribution is 5.76. The van der Waals surface area contributed by atoms with E-state index in [9.17, 15) is 4.79 Å². The Morgan fingerprint density at radius 2 is 1.33 bits per heavy atom. The zero-order chi connectivity index (χ0) is 12.4. The lowest BCUT2D eigenvalue weighted by Gasteiger charge is -2.45. The Kier molecular flexibility index (Phi) is 4.20.